The monoisotopic (exact) mass is 316 g/mol. The van der Waals surface area contributed by atoms with Crippen molar-refractivity contribution in [2.75, 3.05) is 0 Å². The van der Waals surface area contributed by atoms with Crippen molar-refractivity contribution < 1.29 is 9.84 Å². The summed E-state index contributed by atoms with van der Waals surface area (Å²) in [6, 6.07) is 1.24. The number of hydrogen-bond donors (Lipinski definition) is 2. The van der Waals surface area contributed by atoms with Crippen LogP contribution in [-0.4, -0.2) is 23.2 Å². The molecule has 0 radical (unpaired) electrons. The van der Waals surface area contributed by atoms with Crippen LogP contribution in [0.4, 0.5) is 0 Å². The van der Waals surface area contributed by atoms with Gasteiger partial charge < -0.3 is 15.2 Å². The number of ether oxygens (including phenoxy) is 1. The van der Waals surface area contributed by atoms with E-state index < -0.39 is 0 Å². The Hall–Kier alpha value is -1.71. The number of rotatable bonds is 3. The first-order valence-corrected chi connectivity index (χ1v) is 9.11. The number of aliphatic hydroxyl groups excluding tert-OH is 1. The minimum atomic E-state index is -0.0622. The molecule has 4 heteroatoms. The van der Waals surface area contributed by atoms with Gasteiger partial charge >= 0.3 is 0 Å². The van der Waals surface area contributed by atoms with E-state index in [4.69, 9.17) is 9.73 Å². The Morgan fingerprint density at radius 1 is 0.957 bits per heavy atom. The van der Waals surface area contributed by atoms with E-state index in [9.17, 15) is 5.11 Å². The molecule has 3 aliphatic rings. The zero-order chi connectivity index (χ0) is 15.9. The SMILES string of the molecule is OC(OC(=NC1CCCCC1)NC1CCCCC1)=C1C=CC=C1. The zero-order valence-corrected chi connectivity index (χ0v) is 13.8. The van der Waals surface area contributed by atoms with Gasteiger partial charge in [-0.2, -0.15) is 0 Å². The average Bonchev–Trinajstić information content (AvgIpc) is 3.11. The molecule has 3 aliphatic carbocycles. The summed E-state index contributed by atoms with van der Waals surface area (Å²) in [5, 5.41) is 13.7. The van der Waals surface area contributed by atoms with Crippen molar-refractivity contribution in [2.24, 2.45) is 4.99 Å². The third kappa shape index (κ3) is 4.88. The van der Waals surface area contributed by atoms with Gasteiger partial charge in [-0.3, -0.25) is 0 Å². The van der Waals surface area contributed by atoms with Crippen LogP contribution in [0, 0.1) is 0 Å². The molecule has 0 bridgehead atoms. The summed E-state index contributed by atoms with van der Waals surface area (Å²) < 4.78 is 5.71. The Kier molecular flexibility index (Phi) is 5.78. The summed E-state index contributed by atoms with van der Waals surface area (Å²) in [5.41, 5.74) is 0.701. The molecule has 0 spiro atoms. The van der Waals surface area contributed by atoms with Crippen LogP contribution in [0.5, 0.6) is 0 Å². The van der Waals surface area contributed by atoms with Gasteiger partial charge in [0.25, 0.3) is 12.0 Å². The summed E-state index contributed by atoms with van der Waals surface area (Å²) in [6.45, 7) is 0. The molecule has 23 heavy (non-hydrogen) atoms. The predicted molar refractivity (Wildman–Crippen MR) is 93.3 cm³/mol. The van der Waals surface area contributed by atoms with Crippen LogP contribution < -0.4 is 5.32 Å². The molecule has 2 N–H and O–H groups in total. The fourth-order valence-electron chi connectivity index (χ4n) is 3.56. The topological polar surface area (TPSA) is 53.9 Å². The maximum Gasteiger partial charge on any atom is 0.293 e. The van der Waals surface area contributed by atoms with Gasteiger partial charge in [-0.15, -0.1) is 0 Å². The molecule has 2 fully saturated rings. The molecule has 0 aromatic carbocycles. The number of aliphatic imine (C=N–C) groups is 1. The number of nitrogens with zero attached hydrogens (tertiary/aromatic N) is 1. The fourth-order valence-corrected chi connectivity index (χ4v) is 3.56. The first kappa shape index (κ1) is 16.2. The molecule has 126 valence electrons. The van der Waals surface area contributed by atoms with Gasteiger partial charge in [0.05, 0.1) is 11.6 Å². The Morgan fingerprint density at radius 3 is 2.22 bits per heavy atom. The first-order chi connectivity index (χ1) is 11.3. The van der Waals surface area contributed by atoms with Gasteiger partial charge in [-0.25, -0.2) is 4.99 Å². The molecule has 0 unspecified atom stereocenters. The molecular formula is C19H28N2O2. The Bertz CT molecular complexity index is 493. The Morgan fingerprint density at radius 2 is 1.57 bits per heavy atom. The summed E-state index contributed by atoms with van der Waals surface area (Å²) in [7, 11) is 0. The van der Waals surface area contributed by atoms with Gasteiger partial charge in [0.15, 0.2) is 0 Å². The second-order valence-electron chi connectivity index (χ2n) is 6.79. The van der Waals surface area contributed by atoms with E-state index in [1.807, 2.05) is 24.3 Å². The molecular weight excluding hydrogens is 288 g/mol. The lowest BCUT2D eigenvalue weighted by Gasteiger charge is -2.25. The number of nitrogens with one attached hydrogen (secondary N) is 1. The summed E-state index contributed by atoms with van der Waals surface area (Å²) in [6.07, 6.45) is 19.6. The molecule has 0 saturated heterocycles. The lowest BCUT2D eigenvalue weighted by molar-refractivity contribution is 0.184. The van der Waals surface area contributed by atoms with Crippen LogP contribution in [-0.2, 0) is 4.74 Å². The van der Waals surface area contributed by atoms with Crippen LogP contribution in [0.3, 0.4) is 0 Å². The molecule has 0 aliphatic heterocycles. The smallest absolute Gasteiger partial charge is 0.293 e. The van der Waals surface area contributed by atoms with Crippen LogP contribution in [0.15, 0.2) is 40.8 Å². The van der Waals surface area contributed by atoms with Gasteiger partial charge in [-0.1, -0.05) is 50.7 Å². The maximum absolute atomic E-state index is 10.2. The normalized spacial score (nSPS) is 23.3. The van der Waals surface area contributed by atoms with E-state index in [-0.39, 0.29) is 5.95 Å². The van der Waals surface area contributed by atoms with E-state index in [1.165, 1.54) is 38.5 Å². The average molecular weight is 316 g/mol. The second kappa shape index (κ2) is 8.23. The van der Waals surface area contributed by atoms with E-state index in [0.717, 1.165) is 25.7 Å². The van der Waals surface area contributed by atoms with Crippen LogP contribution in [0.2, 0.25) is 0 Å². The van der Waals surface area contributed by atoms with Crippen molar-refractivity contribution in [3.63, 3.8) is 0 Å². The van der Waals surface area contributed by atoms with Crippen molar-refractivity contribution in [2.45, 2.75) is 76.3 Å². The second-order valence-corrected chi connectivity index (χ2v) is 6.79. The summed E-state index contributed by atoms with van der Waals surface area (Å²) in [4.78, 5) is 4.78. The highest BCUT2D eigenvalue weighted by Gasteiger charge is 2.20. The molecule has 3 rings (SSSR count). The highest BCUT2D eigenvalue weighted by atomic mass is 16.6. The maximum atomic E-state index is 10.2. The van der Waals surface area contributed by atoms with E-state index >= 15 is 0 Å². The van der Waals surface area contributed by atoms with Crippen molar-refractivity contribution in [1.82, 2.24) is 5.32 Å². The predicted octanol–water partition coefficient (Wildman–Crippen LogP) is 4.51. The van der Waals surface area contributed by atoms with Gasteiger partial charge in [-0.05, 0) is 37.8 Å². The Labute approximate surface area is 139 Å². The lowest BCUT2D eigenvalue weighted by Crippen LogP contribution is -2.38. The number of allylic oxidation sites excluding steroid dienone is 5. The quantitative estimate of drug-likeness (QED) is 0.457. The highest BCUT2D eigenvalue weighted by Crippen LogP contribution is 2.22. The van der Waals surface area contributed by atoms with Crippen LogP contribution in [0.25, 0.3) is 0 Å². The fraction of sp³-hybridized carbons (Fsp3) is 0.632. The number of aliphatic hydroxyl groups is 1. The molecule has 2 saturated carbocycles. The first-order valence-electron chi connectivity index (χ1n) is 9.11. The largest absolute Gasteiger partial charge is 0.480 e. The van der Waals surface area contributed by atoms with Crippen LogP contribution in [0.1, 0.15) is 64.2 Å². The summed E-state index contributed by atoms with van der Waals surface area (Å²) in [5.74, 6) is -0.0622. The van der Waals surface area contributed by atoms with Crippen molar-refractivity contribution in [3.05, 3.63) is 35.8 Å². The standard InChI is InChI=1S/C19H28N2O2/c22-18(15-9-7-8-10-15)23-19(20-16-11-3-1-4-12-16)21-17-13-5-2-6-14-17/h7-10,16-17,22H,1-6,11-14H2,(H,20,21). The van der Waals surface area contributed by atoms with E-state index in [1.54, 1.807) is 0 Å². The summed E-state index contributed by atoms with van der Waals surface area (Å²) >= 11 is 0. The zero-order valence-electron chi connectivity index (χ0n) is 13.8. The van der Waals surface area contributed by atoms with Gasteiger partial charge in [0, 0.05) is 6.04 Å². The lowest BCUT2D eigenvalue weighted by atomic mass is 9.95. The number of amidine groups is 1. The van der Waals surface area contributed by atoms with Gasteiger partial charge in [0.1, 0.15) is 0 Å². The minimum Gasteiger partial charge on any atom is -0.480 e. The minimum absolute atomic E-state index is 0.0622. The third-order valence-electron chi connectivity index (χ3n) is 4.91. The molecule has 0 heterocycles. The molecule has 0 aromatic rings. The van der Waals surface area contributed by atoms with Crippen LogP contribution >= 0.6 is 0 Å². The van der Waals surface area contributed by atoms with Crippen molar-refractivity contribution in [1.29, 1.82) is 0 Å². The molecule has 4 nitrogen and oxygen atoms in total. The highest BCUT2D eigenvalue weighted by molar-refractivity contribution is 5.75. The Balaban J connectivity index is 1.69. The van der Waals surface area contributed by atoms with Crippen molar-refractivity contribution in [3.8, 4) is 0 Å². The van der Waals surface area contributed by atoms with Crippen molar-refractivity contribution >= 4 is 6.02 Å². The third-order valence-corrected chi connectivity index (χ3v) is 4.91. The van der Waals surface area contributed by atoms with Gasteiger partial charge in [0.2, 0.25) is 0 Å². The number of hydrogen-bond acceptors (Lipinski definition) is 3. The molecule has 0 aromatic heterocycles. The van der Waals surface area contributed by atoms with E-state index in [0.29, 0.717) is 23.7 Å². The van der Waals surface area contributed by atoms with E-state index in [2.05, 4.69) is 5.32 Å². The molecule has 0 atom stereocenters. The molecule has 0 amide bonds.